The molecule has 1 fully saturated rings. The van der Waals surface area contributed by atoms with Crippen LogP contribution in [0.5, 0.6) is 0 Å². The van der Waals surface area contributed by atoms with Gasteiger partial charge in [-0.05, 0) is 35.6 Å². The van der Waals surface area contributed by atoms with E-state index < -0.39 is 0 Å². The van der Waals surface area contributed by atoms with Crippen molar-refractivity contribution in [1.82, 2.24) is 5.32 Å². The van der Waals surface area contributed by atoms with Crippen molar-refractivity contribution in [2.24, 2.45) is 0 Å². The molecule has 108 valence electrons. The van der Waals surface area contributed by atoms with Crippen molar-refractivity contribution in [2.45, 2.75) is 25.2 Å². The summed E-state index contributed by atoms with van der Waals surface area (Å²) in [4.78, 5) is 12.1. The molecule has 0 amide bonds. The second-order valence-electron chi connectivity index (χ2n) is 5.81. The van der Waals surface area contributed by atoms with Crippen molar-refractivity contribution in [3.8, 4) is 0 Å². The molecule has 0 radical (unpaired) electrons. The average molecular weight is 279 g/mol. The van der Waals surface area contributed by atoms with Crippen molar-refractivity contribution in [2.75, 3.05) is 13.1 Å². The van der Waals surface area contributed by atoms with E-state index in [-0.39, 0.29) is 5.78 Å². The van der Waals surface area contributed by atoms with Gasteiger partial charge < -0.3 is 5.32 Å². The molecule has 0 spiro atoms. The third-order valence-electron chi connectivity index (χ3n) is 4.16. The SMILES string of the molecule is O=C(Cc1ccccc1)Cc1ccc(C2CCNC2)cc1. The Hall–Kier alpha value is -1.93. The first kappa shape index (κ1) is 14.0. The monoisotopic (exact) mass is 279 g/mol. The second kappa shape index (κ2) is 6.68. The van der Waals surface area contributed by atoms with Crippen molar-refractivity contribution < 1.29 is 4.79 Å². The molecule has 1 heterocycles. The molecule has 0 aliphatic carbocycles. The maximum absolute atomic E-state index is 12.1. The van der Waals surface area contributed by atoms with Gasteiger partial charge in [0.15, 0.2) is 0 Å². The number of carbonyl (C=O) groups is 1. The number of hydrogen-bond acceptors (Lipinski definition) is 2. The van der Waals surface area contributed by atoms with Crippen LogP contribution >= 0.6 is 0 Å². The Kier molecular flexibility index (Phi) is 4.46. The van der Waals surface area contributed by atoms with Crippen LogP contribution in [-0.4, -0.2) is 18.9 Å². The Morgan fingerprint density at radius 2 is 1.62 bits per heavy atom. The fourth-order valence-corrected chi connectivity index (χ4v) is 2.96. The largest absolute Gasteiger partial charge is 0.316 e. The zero-order valence-corrected chi connectivity index (χ0v) is 12.2. The van der Waals surface area contributed by atoms with E-state index in [0.29, 0.717) is 18.8 Å². The molecule has 1 unspecified atom stereocenters. The molecule has 0 aromatic heterocycles. The van der Waals surface area contributed by atoms with Crippen molar-refractivity contribution in [1.29, 1.82) is 0 Å². The van der Waals surface area contributed by atoms with Crippen LogP contribution in [0, 0.1) is 0 Å². The van der Waals surface area contributed by atoms with Gasteiger partial charge in [0.25, 0.3) is 0 Å². The van der Waals surface area contributed by atoms with Gasteiger partial charge in [-0.2, -0.15) is 0 Å². The van der Waals surface area contributed by atoms with Crippen LogP contribution in [0.2, 0.25) is 0 Å². The first-order chi connectivity index (χ1) is 10.3. The Labute approximate surface area is 126 Å². The first-order valence-electron chi connectivity index (χ1n) is 7.66. The van der Waals surface area contributed by atoms with Crippen LogP contribution in [-0.2, 0) is 17.6 Å². The lowest BCUT2D eigenvalue weighted by molar-refractivity contribution is -0.117. The van der Waals surface area contributed by atoms with Gasteiger partial charge in [-0.15, -0.1) is 0 Å². The standard InChI is InChI=1S/C19H21NO/c21-19(12-15-4-2-1-3-5-15)13-16-6-8-17(9-7-16)18-10-11-20-14-18/h1-9,18,20H,10-14H2. The van der Waals surface area contributed by atoms with Gasteiger partial charge in [-0.1, -0.05) is 54.6 Å². The second-order valence-corrected chi connectivity index (χ2v) is 5.81. The van der Waals surface area contributed by atoms with Gasteiger partial charge >= 0.3 is 0 Å². The van der Waals surface area contributed by atoms with E-state index in [2.05, 4.69) is 29.6 Å². The molecular weight excluding hydrogens is 258 g/mol. The summed E-state index contributed by atoms with van der Waals surface area (Å²) in [5, 5.41) is 3.39. The summed E-state index contributed by atoms with van der Waals surface area (Å²) in [6.45, 7) is 2.19. The molecule has 2 heteroatoms. The highest BCUT2D eigenvalue weighted by Crippen LogP contribution is 2.22. The van der Waals surface area contributed by atoms with Gasteiger partial charge in [0, 0.05) is 19.4 Å². The van der Waals surface area contributed by atoms with Gasteiger partial charge in [0.1, 0.15) is 5.78 Å². The van der Waals surface area contributed by atoms with Crippen molar-refractivity contribution >= 4 is 5.78 Å². The van der Waals surface area contributed by atoms with E-state index in [0.717, 1.165) is 24.2 Å². The average Bonchev–Trinajstić information content (AvgIpc) is 3.03. The number of Topliss-reactive ketones (excluding diaryl/α,β-unsaturated/α-hetero) is 1. The van der Waals surface area contributed by atoms with Gasteiger partial charge in [-0.3, -0.25) is 4.79 Å². The van der Waals surface area contributed by atoms with Crippen LogP contribution < -0.4 is 5.32 Å². The van der Waals surface area contributed by atoms with Crippen LogP contribution in [0.1, 0.15) is 29.0 Å². The molecule has 0 saturated carbocycles. The van der Waals surface area contributed by atoms with E-state index in [1.54, 1.807) is 0 Å². The molecule has 2 nitrogen and oxygen atoms in total. The van der Waals surface area contributed by atoms with E-state index in [1.807, 2.05) is 30.3 Å². The lowest BCUT2D eigenvalue weighted by Gasteiger charge is -2.09. The van der Waals surface area contributed by atoms with Crippen LogP contribution in [0.25, 0.3) is 0 Å². The van der Waals surface area contributed by atoms with E-state index in [4.69, 9.17) is 0 Å². The Bertz CT molecular complexity index is 583. The molecule has 2 aromatic carbocycles. The van der Waals surface area contributed by atoms with Crippen LogP contribution in [0.4, 0.5) is 0 Å². The topological polar surface area (TPSA) is 29.1 Å². The van der Waals surface area contributed by atoms with Gasteiger partial charge in [0.05, 0.1) is 0 Å². The third kappa shape index (κ3) is 3.79. The number of nitrogens with one attached hydrogen (secondary N) is 1. The summed E-state index contributed by atoms with van der Waals surface area (Å²) in [6.07, 6.45) is 2.26. The fourth-order valence-electron chi connectivity index (χ4n) is 2.96. The summed E-state index contributed by atoms with van der Waals surface area (Å²) < 4.78 is 0. The predicted molar refractivity (Wildman–Crippen MR) is 85.5 cm³/mol. The van der Waals surface area contributed by atoms with E-state index in [9.17, 15) is 4.79 Å². The minimum Gasteiger partial charge on any atom is -0.316 e. The minimum absolute atomic E-state index is 0.275. The lowest BCUT2D eigenvalue weighted by atomic mass is 9.96. The minimum atomic E-state index is 0.275. The molecular formula is C19H21NO. The zero-order valence-electron chi connectivity index (χ0n) is 12.2. The molecule has 21 heavy (non-hydrogen) atoms. The quantitative estimate of drug-likeness (QED) is 0.911. The predicted octanol–water partition coefficient (Wildman–Crippen LogP) is 3.12. The summed E-state index contributed by atoms with van der Waals surface area (Å²) in [7, 11) is 0. The highest BCUT2D eigenvalue weighted by atomic mass is 16.1. The maximum Gasteiger partial charge on any atom is 0.141 e. The number of hydrogen-bond donors (Lipinski definition) is 1. The van der Waals surface area contributed by atoms with Gasteiger partial charge in [0.2, 0.25) is 0 Å². The summed E-state index contributed by atoms with van der Waals surface area (Å²) in [5.41, 5.74) is 3.60. The molecule has 2 aromatic rings. The van der Waals surface area contributed by atoms with Crippen molar-refractivity contribution in [3.63, 3.8) is 0 Å². The highest BCUT2D eigenvalue weighted by molar-refractivity contribution is 5.83. The fraction of sp³-hybridized carbons (Fsp3) is 0.316. The number of ketones is 1. The smallest absolute Gasteiger partial charge is 0.141 e. The zero-order chi connectivity index (χ0) is 14.5. The molecule has 0 bridgehead atoms. The maximum atomic E-state index is 12.1. The lowest BCUT2D eigenvalue weighted by Crippen LogP contribution is -2.08. The summed E-state index contributed by atoms with van der Waals surface area (Å²) >= 11 is 0. The highest BCUT2D eigenvalue weighted by Gasteiger charge is 2.16. The number of rotatable bonds is 5. The summed E-state index contributed by atoms with van der Waals surface area (Å²) in [6, 6.07) is 18.5. The molecule has 3 rings (SSSR count). The Morgan fingerprint density at radius 3 is 2.24 bits per heavy atom. The van der Waals surface area contributed by atoms with Crippen molar-refractivity contribution in [3.05, 3.63) is 71.3 Å². The first-order valence-corrected chi connectivity index (χ1v) is 7.66. The number of carbonyl (C=O) groups excluding carboxylic acids is 1. The normalized spacial score (nSPS) is 17.8. The van der Waals surface area contributed by atoms with E-state index >= 15 is 0 Å². The van der Waals surface area contributed by atoms with Gasteiger partial charge in [-0.25, -0.2) is 0 Å². The molecule has 1 aliphatic rings. The molecule has 1 atom stereocenters. The van der Waals surface area contributed by atoms with Crippen LogP contribution in [0.3, 0.4) is 0 Å². The third-order valence-corrected chi connectivity index (χ3v) is 4.16. The summed E-state index contributed by atoms with van der Waals surface area (Å²) in [5.74, 6) is 0.913. The Morgan fingerprint density at radius 1 is 0.952 bits per heavy atom. The number of benzene rings is 2. The van der Waals surface area contributed by atoms with E-state index in [1.165, 1.54) is 12.0 Å². The van der Waals surface area contributed by atoms with Crippen LogP contribution in [0.15, 0.2) is 54.6 Å². The molecule has 1 saturated heterocycles. The molecule has 1 N–H and O–H groups in total. The molecule has 1 aliphatic heterocycles. The Balaban J connectivity index is 1.58.